The monoisotopic (exact) mass is 456 g/mol. The molecule has 182 valence electrons. The predicted molar refractivity (Wildman–Crippen MR) is 132 cm³/mol. The molecule has 2 aromatic carbocycles. The number of rotatable bonds is 12. The summed E-state index contributed by atoms with van der Waals surface area (Å²) in [7, 11) is 0. The highest BCUT2D eigenvalue weighted by atomic mass is 16.5. The van der Waals surface area contributed by atoms with Crippen LogP contribution in [0, 0.1) is 0 Å². The van der Waals surface area contributed by atoms with Crippen LogP contribution in [0.3, 0.4) is 0 Å². The van der Waals surface area contributed by atoms with Crippen molar-refractivity contribution in [2.24, 2.45) is 0 Å². The van der Waals surface area contributed by atoms with E-state index in [-0.39, 0.29) is 13.2 Å². The minimum absolute atomic E-state index is 0.285. The molecule has 3 unspecified atom stereocenters. The number of benzene rings is 2. The van der Waals surface area contributed by atoms with E-state index < -0.39 is 12.2 Å². The second kappa shape index (κ2) is 12.9. The maximum absolute atomic E-state index is 10.5. The largest absolute Gasteiger partial charge is 0.491 e. The van der Waals surface area contributed by atoms with E-state index >= 15 is 0 Å². The van der Waals surface area contributed by atoms with Crippen molar-refractivity contribution in [3.63, 3.8) is 0 Å². The Labute approximate surface area is 198 Å². The lowest BCUT2D eigenvalue weighted by molar-refractivity contribution is 0.00244. The van der Waals surface area contributed by atoms with E-state index in [1.165, 1.54) is 11.1 Å². The van der Waals surface area contributed by atoms with Crippen molar-refractivity contribution in [3.8, 4) is 11.5 Å². The molecular weight excluding hydrogens is 416 g/mol. The van der Waals surface area contributed by atoms with Gasteiger partial charge in [-0.2, -0.15) is 0 Å². The Hall–Kier alpha value is -2.12. The second-order valence-electron chi connectivity index (χ2n) is 9.03. The first-order chi connectivity index (χ1) is 16.0. The molecule has 6 heteroatoms. The number of piperazine rings is 1. The maximum atomic E-state index is 10.5. The zero-order valence-corrected chi connectivity index (χ0v) is 20.3. The van der Waals surface area contributed by atoms with Crippen molar-refractivity contribution < 1.29 is 19.7 Å². The molecule has 1 aliphatic heterocycles. The van der Waals surface area contributed by atoms with Crippen molar-refractivity contribution in [2.75, 3.05) is 45.9 Å². The number of aliphatic hydroxyl groups is 2. The van der Waals surface area contributed by atoms with Crippen molar-refractivity contribution >= 4 is 0 Å². The minimum atomic E-state index is -0.539. The second-order valence-corrected chi connectivity index (χ2v) is 9.03. The first kappa shape index (κ1) is 25.5. The summed E-state index contributed by atoms with van der Waals surface area (Å²) in [4.78, 5) is 4.57. The van der Waals surface area contributed by atoms with Gasteiger partial charge in [0.2, 0.25) is 0 Å². The van der Waals surface area contributed by atoms with Crippen molar-refractivity contribution in [2.45, 2.75) is 51.9 Å². The molecule has 2 N–H and O–H groups in total. The lowest BCUT2D eigenvalue weighted by Crippen LogP contribution is -2.55. The Morgan fingerprint density at radius 2 is 1.27 bits per heavy atom. The maximum Gasteiger partial charge on any atom is 0.119 e. The van der Waals surface area contributed by atoms with E-state index in [0.717, 1.165) is 44.0 Å². The van der Waals surface area contributed by atoms with Gasteiger partial charge in [-0.15, -0.1) is 0 Å². The third kappa shape index (κ3) is 8.31. The molecule has 2 aromatic rings. The van der Waals surface area contributed by atoms with Crippen LogP contribution in [0.25, 0.3) is 0 Å². The molecule has 33 heavy (non-hydrogen) atoms. The number of ether oxygens (including phenoxy) is 2. The van der Waals surface area contributed by atoms with Crippen LogP contribution in [0.4, 0.5) is 0 Å². The van der Waals surface area contributed by atoms with Gasteiger partial charge in [0.25, 0.3) is 0 Å². The molecule has 1 saturated heterocycles. The van der Waals surface area contributed by atoms with E-state index in [4.69, 9.17) is 9.47 Å². The summed E-state index contributed by atoms with van der Waals surface area (Å²) < 4.78 is 11.5. The van der Waals surface area contributed by atoms with Gasteiger partial charge in [-0.1, -0.05) is 38.1 Å². The van der Waals surface area contributed by atoms with Gasteiger partial charge >= 0.3 is 0 Å². The smallest absolute Gasteiger partial charge is 0.119 e. The van der Waals surface area contributed by atoms with Crippen LogP contribution in [0.5, 0.6) is 11.5 Å². The molecule has 0 bridgehead atoms. The molecule has 0 spiro atoms. The summed E-state index contributed by atoms with van der Waals surface area (Å²) in [6, 6.07) is 16.4. The zero-order chi connectivity index (χ0) is 23.6. The molecule has 3 atom stereocenters. The zero-order valence-electron chi connectivity index (χ0n) is 20.3. The number of hydrogen-bond acceptors (Lipinski definition) is 6. The number of nitrogens with zero attached hydrogens (tertiary/aromatic N) is 2. The van der Waals surface area contributed by atoms with Crippen LogP contribution in [-0.2, 0) is 12.8 Å². The summed E-state index contributed by atoms with van der Waals surface area (Å²) in [6.07, 6.45) is 0.934. The summed E-state index contributed by atoms with van der Waals surface area (Å²) in [6.45, 7) is 10.7. The van der Waals surface area contributed by atoms with E-state index in [9.17, 15) is 10.2 Å². The molecule has 3 rings (SSSR count). The van der Waals surface area contributed by atoms with Crippen LogP contribution >= 0.6 is 0 Å². The van der Waals surface area contributed by atoms with Gasteiger partial charge in [-0.3, -0.25) is 9.80 Å². The van der Waals surface area contributed by atoms with Gasteiger partial charge in [-0.25, -0.2) is 0 Å². The summed E-state index contributed by atoms with van der Waals surface area (Å²) in [5.74, 6) is 1.59. The predicted octanol–water partition coefficient (Wildman–Crippen LogP) is 3.00. The van der Waals surface area contributed by atoms with Crippen LogP contribution < -0.4 is 9.47 Å². The first-order valence-electron chi connectivity index (χ1n) is 12.2. The van der Waals surface area contributed by atoms with Gasteiger partial charge in [0, 0.05) is 38.8 Å². The SMILES string of the molecule is CCc1ccc(OCC(O)CN2CCN(CC(O)COc3ccc(CC)cc3)C(C)C2)cc1. The minimum Gasteiger partial charge on any atom is -0.491 e. The molecule has 1 heterocycles. The average Bonchev–Trinajstić information content (AvgIpc) is 2.84. The van der Waals surface area contributed by atoms with Crippen LogP contribution in [0.15, 0.2) is 48.5 Å². The number of aryl methyl sites for hydroxylation is 2. The van der Waals surface area contributed by atoms with Crippen LogP contribution in [0.1, 0.15) is 31.9 Å². The van der Waals surface area contributed by atoms with E-state index in [2.05, 4.69) is 54.8 Å². The Balaban J connectivity index is 1.34. The molecule has 0 aliphatic carbocycles. The molecule has 0 saturated carbocycles. The molecule has 6 nitrogen and oxygen atoms in total. The van der Waals surface area contributed by atoms with Crippen molar-refractivity contribution in [1.29, 1.82) is 0 Å². The average molecular weight is 457 g/mol. The van der Waals surface area contributed by atoms with Crippen LogP contribution in [0.2, 0.25) is 0 Å². The number of hydrogen-bond donors (Lipinski definition) is 2. The van der Waals surface area contributed by atoms with E-state index in [1.54, 1.807) is 0 Å². The van der Waals surface area contributed by atoms with E-state index in [1.807, 2.05) is 24.3 Å². The standard InChI is InChI=1S/C27H40N2O4/c1-4-22-6-10-26(11-7-22)32-19-24(30)17-28-14-15-29(21(3)16-28)18-25(31)20-33-27-12-8-23(5-2)9-13-27/h6-13,21,24-25,30-31H,4-5,14-20H2,1-3H3. The molecule has 0 amide bonds. The fraction of sp³-hybridized carbons (Fsp3) is 0.556. The molecule has 0 aromatic heterocycles. The Morgan fingerprint density at radius 1 is 0.788 bits per heavy atom. The lowest BCUT2D eigenvalue weighted by Gasteiger charge is -2.41. The molecule has 1 aliphatic rings. The molecule has 1 fully saturated rings. The molecular formula is C27H40N2O4. The van der Waals surface area contributed by atoms with E-state index in [0.29, 0.717) is 19.1 Å². The third-order valence-electron chi connectivity index (χ3n) is 6.31. The van der Waals surface area contributed by atoms with Crippen molar-refractivity contribution in [3.05, 3.63) is 59.7 Å². The number of aliphatic hydroxyl groups excluding tert-OH is 2. The Morgan fingerprint density at radius 3 is 1.73 bits per heavy atom. The highest BCUT2D eigenvalue weighted by Gasteiger charge is 2.26. The Kier molecular flexibility index (Phi) is 10.0. The highest BCUT2D eigenvalue weighted by molar-refractivity contribution is 5.28. The fourth-order valence-electron chi connectivity index (χ4n) is 4.21. The normalized spacial score (nSPS) is 19.2. The van der Waals surface area contributed by atoms with Crippen LogP contribution in [-0.4, -0.2) is 84.2 Å². The first-order valence-corrected chi connectivity index (χ1v) is 12.2. The van der Waals surface area contributed by atoms with Gasteiger partial charge in [0.05, 0.1) is 0 Å². The number of β-amino-alcohol motifs (C(OH)–C–C–N with tert-alkyl or cyclic N) is 2. The molecule has 0 radical (unpaired) electrons. The van der Waals surface area contributed by atoms with Gasteiger partial charge in [-0.05, 0) is 55.2 Å². The topological polar surface area (TPSA) is 65.4 Å². The van der Waals surface area contributed by atoms with Gasteiger partial charge in [0.15, 0.2) is 0 Å². The van der Waals surface area contributed by atoms with Crippen molar-refractivity contribution in [1.82, 2.24) is 9.80 Å². The quantitative estimate of drug-likeness (QED) is 0.512. The highest BCUT2D eigenvalue weighted by Crippen LogP contribution is 2.16. The third-order valence-corrected chi connectivity index (χ3v) is 6.31. The van der Waals surface area contributed by atoms with Gasteiger partial charge in [0.1, 0.15) is 36.9 Å². The summed E-state index contributed by atoms with van der Waals surface area (Å²) in [5.41, 5.74) is 2.55. The summed E-state index contributed by atoms with van der Waals surface area (Å²) >= 11 is 0. The van der Waals surface area contributed by atoms with Gasteiger partial charge < -0.3 is 19.7 Å². The summed E-state index contributed by atoms with van der Waals surface area (Å²) in [5, 5.41) is 20.9. The lowest BCUT2D eigenvalue weighted by atomic mass is 10.1. The Bertz CT molecular complexity index is 812. The fourth-order valence-corrected chi connectivity index (χ4v) is 4.21.